The summed E-state index contributed by atoms with van der Waals surface area (Å²) in [4.78, 5) is 23.3. The number of hydrogen-bond acceptors (Lipinski definition) is 3. The molecule has 1 heterocycles. The van der Waals surface area contributed by atoms with E-state index in [0.717, 1.165) is 0 Å². The summed E-state index contributed by atoms with van der Waals surface area (Å²) in [5.74, 6) is -0.382. The lowest BCUT2D eigenvalue weighted by atomic mass is 9.92. The van der Waals surface area contributed by atoms with Crippen molar-refractivity contribution in [2.45, 2.75) is 25.8 Å². The monoisotopic (exact) mass is 201 g/mol. The molecule has 0 aliphatic carbocycles. The first-order chi connectivity index (χ1) is 6.56. The molecule has 1 rings (SSSR count). The lowest BCUT2D eigenvalue weighted by molar-refractivity contribution is -0.147. The molecule has 1 amide bonds. The van der Waals surface area contributed by atoms with Crippen LogP contribution in [0.25, 0.3) is 0 Å². The van der Waals surface area contributed by atoms with Crippen molar-refractivity contribution >= 4 is 12.1 Å². The number of nitrogens with zero attached hydrogens (tertiary/aromatic N) is 1. The van der Waals surface area contributed by atoms with Gasteiger partial charge in [0.25, 0.3) is 0 Å². The van der Waals surface area contributed by atoms with E-state index in [2.05, 4.69) is 4.74 Å². The maximum atomic E-state index is 11.2. The standard InChI is InChI=1S/C9H15NO4/c1-6-5-7(8(11)14-2)3-4-10(6)9(12)13/h6-7H,3-5H2,1-2H3,(H,12,13). The Morgan fingerprint density at radius 3 is 2.57 bits per heavy atom. The number of piperidine rings is 1. The number of esters is 1. The van der Waals surface area contributed by atoms with Gasteiger partial charge in [0.05, 0.1) is 13.0 Å². The van der Waals surface area contributed by atoms with E-state index in [4.69, 9.17) is 5.11 Å². The number of carbonyl (C=O) groups is 2. The fourth-order valence-electron chi connectivity index (χ4n) is 1.84. The largest absolute Gasteiger partial charge is 0.469 e. The number of hydrogen-bond donors (Lipinski definition) is 1. The van der Waals surface area contributed by atoms with Crippen molar-refractivity contribution in [3.8, 4) is 0 Å². The number of ether oxygens (including phenoxy) is 1. The van der Waals surface area contributed by atoms with Crippen LogP contribution in [0.5, 0.6) is 0 Å². The quantitative estimate of drug-likeness (QED) is 0.641. The third kappa shape index (κ3) is 2.16. The van der Waals surface area contributed by atoms with Crippen molar-refractivity contribution in [1.82, 2.24) is 4.90 Å². The van der Waals surface area contributed by atoms with Crippen molar-refractivity contribution in [2.24, 2.45) is 5.92 Å². The molecule has 0 aromatic carbocycles. The first-order valence-corrected chi connectivity index (χ1v) is 4.63. The second kappa shape index (κ2) is 4.30. The van der Waals surface area contributed by atoms with Crippen molar-refractivity contribution in [1.29, 1.82) is 0 Å². The van der Waals surface area contributed by atoms with Crippen LogP contribution in [-0.4, -0.2) is 41.8 Å². The van der Waals surface area contributed by atoms with Gasteiger partial charge in [-0.1, -0.05) is 0 Å². The van der Waals surface area contributed by atoms with Gasteiger partial charge in [0.15, 0.2) is 0 Å². The first kappa shape index (κ1) is 10.8. The van der Waals surface area contributed by atoms with E-state index in [1.165, 1.54) is 12.0 Å². The Morgan fingerprint density at radius 2 is 2.14 bits per heavy atom. The molecule has 5 nitrogen and oxygen atoms in total. The van der Waals surface area contributed by atoms with Gasteiger partial charge >= 0.3 is 12.1 Å². The van der Waals surface area contributed by atoms with Gasteiger partial charge in [-0.05, 0) is 19.8 Å². The summed E-state index contributed by atoms with van der Waals surface area (Å²) in [5, 5.41) is 8.80. The van der Waals surface area contributed by atoms with Crippen LogP contribution < -0.4 is 0 Å². The van der Waals surface area contributed by atoms with Gasteiger partial charge in [-0.15, -0.1) is 0 Å². The van der Waals surface area contributed by atoms with Gasteiger partial charge in [-0.25, -0.2) is 4.79 Å². The summed E-state index contributed by atoms with van der Waals surface area (Å²) >= 11 is 0. The highest BCUT2D eigenvalue weighted by Gasteiger charge is 2.32. The Bertz CT molecular complexity index is 241. The normalized spacial score (nSPS) is 27.1. The van der Waals surface area contributed by atoms with Crippen molar-refractivity contribution in [3.63, 3.8) is 0 Å². The van der Waals surface area contributed by atoms with Gasteiger partial charge in [0.2, 0.25) is 0 Å². The third-order valence-corrected chi connectivity index (χ3v) is 2.66. The lowest BCUT2D eigenvalue weighted by Gasteiger charge is -2.34. The van der Waals surface area contributed by atoms with Crippen LogP contribution in [0.15, 0.2) is 0 Å². The number of carboxylic acid groups (broad SMARTS) is 1. The minimum absolute atomic E-state index is 0.106. The molecular formula is C9H15NO4. The van der Waals surface area contributed by atoms with E-state index in [0.29, 0.717) is 19.4 Å². The van der Waals surface area contributed by atoms with Crippen LogP contribution in [0.4, 0.5) is 4.79 Å². The fraction of sp³-hybridized carbons (Fsp3) is 0.778. The maximum absolute atomic E-state index is 11.2. The number of methoxy groups -OCH3 is 1. The summed E-state index contributed by atoms with van der Waals surface area (Å²) in [7, 11) is 1.36. The molecule has 2 unspecified atom stereocenters. The number of likely N-dealkylation sites (tertiary alicyclic amines) is 1. The Balaban J connectivity index is 2.55. The summed E-state index contributed by atoms with van der Waals surface area (Å²) in [6.07, 6.45) is 0.197. The van der Waals surface area contributed by atoms with Crippen molar-refractivity contribution in [2.75, 3.05) is 13.7 Å². The van der Waals surface area contributed by atoms with Gasteiger partial charge < -0.3 is 14.7 Å². The molecule has 0 spiro atoms. The van der Waals surface area contributed by atoms with Gasteiger partial charge in [0, 0.05) is 12.6 Å². The van der Waals surface area contributed by atoms with Crippen LogP contribution in [0.3, 0.4) is 0 Å². The van der Waals surface area contributed by atoms with E-state index in [1.807, 2.05) is 6.92 Å². The number of carbonyl (C=O) groups excluding carboxylic acids is 1. The molecule has 0 radical (unpaired) electrons. The highest BCUT2D eigenvalue weighted by atomic mass is 16.5. The second-order valence-electron chi connectivity index (χ2n) is 3.57. The average molecular weight is 201 g/mol. The van der Waals surface area contributed by atoms with Gasteiger partial charge in [0.1, 0.15) is 0 Å². The minimum Gasteiger partial charge on any atom is -0.469 e. The summed E-state index contributed by atoms with van der Waals surface area (Å²) in [6.45, 7) is 2.22. The van der Waals surface area contributed by atoms with E-state index >= 15 is 0 Å². The molecule has 1 aliphatic heterocycles. The molecule has 14 heavy (non-hydrogen) atoms. The smallest absolute Gasteiger partial charge is 0.407 e. The molecule has 1 N–H and O–H groups in total. The van der Waals surface area contributed by atoms with Gasteiger partial charge in [-0.2, -0.15) is 0 Å². The first-order valence-electron chi connectivity index (χ1n) is 4.63. The molecule has 0 aromatic heterocycles. The molecule has 1 fully saturated rings. The zero-order valence-corrected chi connectivity index (χ0v) is 8.40. The molecule has 1 aliphatic rings. The third-order valence-electron chi connectivity index (χ3n) is 2.66. The zero-order chi connectivity index (χ0) is 10.7. The highest BCUT2D eigenvalue weighted by Crippen LogP contribution is 2.23. The molecule has 80 valence electrons. The number of amides is 1. The van der Waals surface area contributed by atoms with Crippen molar-refractivity contribution in [3.05, 3.63) is 0 Å². The van der Waals surface area contributed by atoms with Crippen LogP contribution >= 0.6 is 0 Å². The summed E-state index contributed by atoms with van der Waals surface area (Å²) in [6, 6.07) is -0.106. The minimum atomic E-state index is -0.916. The van der Waals surface area contributed by atoms with E-state index in [9.17, 15) is 9.59 Å². The SMILES string of the molecule is COC(=O)C1CCN(C(=O)O)C(C)C1. The van der Waals surface area contributed by atoms with E-state index in [1.54, 1.807) is 0 Å². The summed E-state index contributed by atoms with van der Waals surface area (Å²) in [5.41, 5.74) is 0. The van der Waals surface area contributed by atoms with E-state index < -0.39 is 6.09 Å². The molecule has 2 atom stereocenters. The molecule has 0 aromatic rings. The van der Waals surface area contributed by atoms with Crippen LogP contribution in [0.2, 0.25) is 0 Å². The predicted molar refractivity (Wildman–Crippen MR) is 48.9 cm³/mol. The Kier molecular flexibility index (Phi) is 3.33. The molecular weight excluding hydrogens is 186 g/mol. The molecule has 0 bridgehead atoms. The molecule has 1 saturated heterocycles. The van der Waals surface area contributed by atoms with Crippen molar-refractivity contribution < 1.29 is 19.4 Å². The van der Waals surface area contributed by atoms with Crippen LogP contribution in [0, 0.1) is 5.92 Å². The zero-order valence-electron chi connectivity index (χ0n) is 8.40. The maximum Gasteiger partial charge on any atom is 0.407 e. The van der Waals surface area contributed by atoms with Gasteiger partial charge in [-0.3, -0.25) is 4.79 Å². The van der Waals surface area contributed by atoms with Crippen LogP contribution in [-0.2, 0) is 9.53 Å². The molecule has 0 saturated carbocycles. The number of rotatable bonds is 1. The van der Waals surface area contributed by atoms with E-state index in [-0.39, 0.29) is 17.9 Å². The Hall–Kier alpha value is -1.26. The molecule has 5 heteroatoms. The summed E-state index contributed by atoms with van der Waals surface area (Å²) < 4.78 is 4.63. The second-order valence-corrected chi connectivity index (χ2v) is 3.57. The Labute approximate surface area is 82.6 Å². The average Bonchev–Trinajstić information content (AvgIpc) is 2.15. The lowest BCUT2D eigenvalue weighted by Crippen LogP contribution is -2.45. The fourth-order valence-corrected chi connectivity index (χ4v) is 1.84. The van der Waals surface area contributed by atoms with Crippen LogP contribution in [0.1, 0.15) is 19.8 Å². The highest BCUT2D eigenvalue weighted by molar-refractivity contribution is 5.73. The topological polar surface area (TPSA) is 66.8 Å². The predicted octanol–water partition coefficient (Wildman–Crippen LogP) is 0.938. The Morgan fingerprint density at radius 1 is 1.50 bits per heavy atom.